The molecule has 1 aliphatic rings. The molecule has 0 amide bonds. The van der Waals surface area contributed by atoms with Gasteiger partial charge < -0.3 is 4.74 Å². The van der Waals surface area contributed by atoms with Crippen LogP contribution in [0.2, 0.25) is 0 Å². The fourth-order valence-corrected chi connectivity index (χ4v) is 4.19. The van der Waals surface area contributed by atoms with Gasteiger partial charge in [0, 0.05) is 11.3 Å². The largest absolute Gasteiger partial charge is 0.460 e. The number of thiophene rings is 1. The highest BCUT2D eigenvalue weighted by atomic mass is 32.1. The number of carbonyl (C=O) groups excluding carboxylic acids is 1. The Kier molecular flexibility index (Phi) is 5.31. The third-order valence-electron chi connectivity index (χ3n) is 4.64. The Morgan fingerprint density at radius 3 is 2.77 bits per heavy atom. The van der Waals surface area contributed by atoms with Crippen LogP contribution in [0.1, 0.15) is 57.9 Å². The van der Waals surface area contributed by atoms with E-state index in [1.807, 2.05) is 20.8 Å². The van der Waals surface area contributed by atoms with E-state index in [9.17, 15) is 9.18 Å². The van der Waals surface area contributed by atoms with Crippen molar-refractivity contribution in [2.24, 2.45) is 17.8 Å². The summed E-state index contributed by atoms with van der Waals surface area (Å²) in [6, 6.07) is 1.69. The Bertz CT molecular complexity index is 530. The average molecular weight is 326 g/mol. The number of fused-ring (bicyclic) bond motifs is 1. The van der Waals surface area contributed by atoms with Gasteiger partial charge in [-0.25, -0.2) is 0 Å². The first-order valence-corrected chi connectivity index (χ1v) is 8.96. The molecule has 0 aromatic carbocycles. The molecular formula is C18H27FO2S. The second kappa shape index (κ2) is 6.69. The summed E-state index contributed by atoms with van der Waals surface area (Å²) in [6.45, 7) is 10.0. The Morgan fingerprint density at radius 1 is 1.45 bits per heavy atom. The zero-order chi connectivity index (χ0) is 16.5. The summed E-state index contributed by atoms with van der Waals surface area (Å²) in [6.07, 6.45) is 3.46. The minimum Gasteiger partial charge on any atom is -0.460 e. The molecule has 0 saturated carbocycles. The van der Waals surface area contributed by atoms with Crippen LogP contribution >= 0.6 is 11.3 Å². The number of ether oxygens (including phenoxy) is 1. The maximum Gasteiger partial charge on any atom is 0.306 e. The standard InChI is InChI=1S/C18H27FO2S/c1-11(8-17(20)21-18(3,4)5)12(2)13-6-7-15-14(9-13)10-16(19)22-15/h10-13H,6-9H2,1-5H3. The lowest BCUT2D eigenvalue weighted by Crippen LogP contribution is -2.29. The second-order valence-corrected chi connectivity index (χ2v) is 8.72. The highest BCUT2D eigenvalue weighted by Crippen LogP contribution is 2.37. The van der Waals surface area contributed by atoms with E-state index < -0.39 is 5.60 Å². The predicted molar refractivity (Wildman–Crippen MR) is 88.6 cm³/mol. The van der Waals surface area contributed by atoms with E-state index in [-0.39, 0.29) is 17.0 Å². The van der Waals surface area contributed by atoms with Gasteiger partial charge >= 0.3 is 5.97 Å². The lowest BCUT2D eigenvalue weighted by atomic mass is 9.74. The number of hydrogen-bond donors (Lipinski definition) is 0. The highest BCUT2D eigenvalue weighted by molar-refractivity contribution is 7.10. The quantitative estimate of drug-likeness (QED) is 0.728. The van der Waals surface area contributed by atoms with Crippen molar-refractivity contribution in [1.82, 2.24) is 0 Å². The fraction of sp³-hybridized carbons (Fsp3) is 0.722. The summed E-state index contributed by atoms with van der Waals surface area (Å²) in [5.74, 6) is 1.12. The number of halogens is 1. The number of carbonyl (C=O) groups is 1. The Labute approximate surface area is 137 Å². The molecule has 0 saturated heterocycles. The molecule has 3 unspecified atom stereocenters. The molecule has 124 valence electrons. The van der Waals surface area contributed by atoms with Crippen LogP contribution in [0.4, 0.5) is 4.39 Å². The number of hydrogen-bond acceptors (Lipinski definition) is 3. The molecule has 1 aromatic rings. The molecule has 0 N–H and O–H groups in total. The SMILES string of the molecule is CC(CC(=O)OC(C)(C)C)C(C)C1CCc2sc(F)cc2C1. The van der Waals surface area contributed by atoms with E-state index in [0.29, 0.717) is 18.3 Å². The van der Waals surface area contributed by atoms with Crippen LogP contribution in [-0.2, 0) is 22.4 Å². The van der Waals surface area contributed by atoms with Crippen molar-refractivity contribution in [3.63, 3.8) is 0 Å². The van der Waals surface area contributed by atoms with Gasteiger partial charge in [0.2, 0.25) is 0 Å². The number of rotatable bonds is 4. The third kappa shape index (κ3) is 4.55. The van der Waals surface area contributed by atoms with Gasteiger partial charge in [-0.2, -0.15) is 4.39 Å². The monoisotopic (exact) mass is 326 g/mol. The molecule has 1 aliphatic carbocycles. The molecule has 0 spiro atoms. The number of aryl methyl sites for hydroxylation is 1. The second-order valence-electron chi connectivity index (χ2n) is 7.63. The lowest BCUT2D eigenvalue weighted by Gasteiger charge is -2.32. The minimum absolute atomic E-state index is 0.0693. The topological polar surface area (TPSA) is 26.3 Å². The summed E-state index contributed by atoms with van der Waals surface area (Å²) in [5.41, 5.74) is 0.753. The number of esters is 1. The Morgan fingerprint density at radius 2 is 2.14 bits per heavy atom. The van der Waals surface area contributed by atoms with E-state index in [2.05, 4.69) is 13.8 Å². The average Bonchev–Trinajstić information content (AvgIpc) is 2.74. The molecule has 2 nitrogen and oxygen atoms in total. The summed E-state index contributed by atoms with van der Waals surface area (Å²) in [5, 5.41) is -0.0693. The maximum atomic E-state index is 13.4. The van der Waals surface area contributed by atoms with E-state index >= 15 is 0 Å². The van der Waals surface area contributed by atoms with Crippen molar-refractivity contribution in [2.45, 2.75) is 65.9 Å². The fourth-order valence-electron chi connectivity index (χ4n) is 3.26. The maximum absolute atomic E-state index is 13.4. The van der Waals surface area contributed by atoms with Crippen LogP contribution in [0.5, 0.6) is 0 Å². The molecule has 2 rings (SSSR count). The molecule has 0 aliphatic heterocycles. The molecule has 4 heteroatoms. The third-order valence-corrected chi connectivity index (χ3v) is 5.67. The summed E-state index contributed by atoms with van der Waals surface area (Å²) in [4.78, 5) is 13.2. The van der Waals surface area contributed by atoms with Crippen LogP contribution in [-0.4, -0.2) is 11.6 Å². The van der Waals surface area contributed by atoms with Gasteiger partial charge in [0.05, 0.1) is 0 Å². The summed E-state index contributed by atoms with van der Waals surface area (Å²) < 4.78 is 18.8. The van der Waals surface area contributed by atoms with Crippen molar-refractivity contribution in [2.75, 3.05) is 0 Å². The van der Waals surface area contributed by atoms with E-state index in [4.69, 9.17) is 4.74 Å². The first-order valence-electron chi connectivity index (χ1n) is 8.14. The van der Waals surface area contributed by atoms with Crippen molar-refractivity contribution >= 4 is 17.3 Å². The van der Waals surface area contributed by atoms with Crippen LogP contribution in [0, 0.1) is 22.9 Å². The summed E-state index contributed by atoms with van der Waals surface area (Å²) in [7, 11) is 0. The molecular weight excluding hydrogens is 299 g/mol. The Hall–Kier alpha value is -0.900. The van der Waals surface area contributed by atoms with Gasteiger partial charge in [-0.05, 0) is 69.4 Å². The normalized spacial score (nSPS) is 21.1. The molecule has 1 aromatic heterocycles. The summed E-state index contributed by atoms with van der Waals surface area (Å²) >= 11 is 1.29. The predicted octanol–water partition coefficient (Wildman–Crippen LogP) is 5.00. The van der Waals surface area contributed by atoms with Crippen LogP contribution in [0.15, 0.2) is 6.07 Å². The smallest absolute Gasteiger partial charge is 0.306 e. The zero-order valence-electron chi connectivity index (χ0n) is 14.2. The van der Waals surface area contributed by atoms with Gasteiger partial charge in [-0.1, -0.05) is 13.8 Å². The van der Waals surface area contributed by atoms with Gasteiger partial charge in [0.1, 0.15) is 5.60 Å². The van der Waals surface area contributed by atoms with Crippen molar-refractivity contribution in [1.29, 1.82) is 0 Å². The van der Waals surface area contributed by atoms with Crippen molar-refractivity contribution in [3.8, 4) is 0 Å². The van der Waals surface area contributed by atoms with Crippen molar-refractivity contribution in [3.05, 3.63) is 21.6 Å². The van der Waals surface area contributed by atoms with E-state index in [1.54, 1.807) is 6.07 Å². The van der Waals surface area contributed by atoms with Crippen LogP contribution in [0.25, 0.3) is 0 Å². The minimum atomic E-state index is -0.423. The van der Waals surface area contributed by atoms with Gasteiger partial charge in [0.15, 0.2) is 5.13 Å². The van der Waals surface area contributed by atoms with E-state index in [1.165, 1.54) is 21.8 Å². The molecule has 22 heavy (non-hydrogen) atoms. The molecule has 0 radical (unpaired) electrons. The molecule has 3 atom stereocenters. The highest BCUT2D eigenvalue weighted by Gasteiger charge is 2.30. The van der Waals surface area contributed by atoms with Crippen molar-refractivity contribution < 1.29 is 13.9 Å². The molecule has 1 heterocycles. The van der Waals surface area contributed by atoms with E-state index in [0.717, 1.165) is 19.3 Å². The lowest BCUT2D eigenvalue weighted by molar-refractivity contribution is -0.156. The molecule has 0 fully saturated rings. The van der Waals surface area contributed by atoms with Gasteiger partial charge in [0.25, 0.3) is 0 Å². The van der Waals surface area contributed by atoms with Crippen LogP contribution in [0.3, 0.4) is 0 Å². The Balaban J connectivity index is 1.91. The van der Waals surface area contributed by atoms with Crippen LogP contribution < -0.4 is 0 Å². The first kappa shape index (κ1) is 17.5. The first-order chi connectivity index (χ1) is 10.2. The molecule has 0 bridgehead atoms. The van der Waals surface area contributed by atoms with Gasteiger partial charge in [-0.15, -0.1) is 11.3 Å². The zero-order valence-corrected chi connectivity index (χ0v) is 15.1. The van der Waals surface area contributed by atoms with Gasteiger partial charge in [-0.3, -0.25) is 4.79 Å².